The fraction of sp³-hybridized carbons (Fsp3) is 0.200. The van der Waals surface area contributed by atoms with Crippen LogP contribution in [0, 0.1) is 0 Å². The van der Waals surface area contributed by atoms with Gasteiger partial charge in [0, 0.05) is 0 Å². The van der Waals surface area contributed by atoms with Crippen molar-refractivity contribution in [2.24, 2.45) is 9.98 Å². The molecule has 0 radical (unpaired) electrons. The van der Waals surface area contributed by atoms with E-state index in [4.69, 9.17) is 0 Å². The molecule has 94 valence electrons. The number of benzene rings is 1. The Balaban J connectivity index is 3.49. The van der Waals surface area contributed by atoms with Crippen LogP contribution in [0.25, 0.3) is 0 Å². The molecule has 1 aromatic rings. The van der Waals surface area contributed by atoms with E-state index in [1.54, 1.807) is 0 Å². The van der Waals surface area contributed by atoms with Crippen LogP contribution < -0.4 is 0 Å². The van der Waals surface area contributed by atoms with Crippen LogP contribution in [0.15, 0.2) is 34.3 Å². The fourth-order valence-corrected chi connectivity index (χ4v) is 1.24. The second-order valence-corrected chi connectivity index (χ2v) is 3.03. The summed E-state index contributed by atoms with van der Waals surface area (Å²) in [6.45, 7) is 0. The van der Waals surface area contributed by atoms with Gasteiger partial charge in [0.15, 0.2) is 0 Å². The van der Waals surface area contributed by atoms with Crippen molar-refractivity contribution in [1.29, 1.82) is 0 Å². The molecule has 0 saturated heterocycles. The summed E-state index contributed by atoms with van der Waals surface area (Å²) in [6.07, 6.45) is 1.18. The van der Waals surface area contributed by atoms with Gasteiger partial charge in [-0.25, -0.2) is 9.59 Å². The Bertz CT molecular complexity index is 498. The van der Waals surface area contributed by atoms with Crippen LogP contribution in [0.1, 0.15) is 11.1 Å². The molecule has 0 spiro atoms. The predicted molar refractivity (Wildman–Crippen MR) is 50.5 cm³/mol. The molecule has 0 aromatic heterocycles. The van der Waals surface area contributed by atoms with E-state index in [9.17, 15) is 27.2 Å². The van der Waals surface area contributed by atoms with Gasteiger partial charge < -0.3 is 0 Å². The maximum absolute atomic E-state index is 13.3. The average Bonchev–Trinajstić information content (AvgIpc) is 2.29. The fourth-order valence-electron chi connectivity index (χ4n) is 1.24. The van der Waals surface area contributed by atoms with Crippen LogP contribution in [0.5, 0.6) is 0 Å². The molecule has 0 N–H and O–H groups in total. The van der Waals surface area contributed by atoms with Gasteiger partial charge in [0.05, 0.1) is 11.1 Å². The molecule has 0 aliphatic carbocycles. The van der Waals surface area contributed by atoms with Crippen LogP contribution in [-0.2, 0) is 21.7 Å². The molecule has 1 rings (SSSR count). The van der Waals surface area contributed by atoms with E-state index >= 15 is 0 Å². The molecule has 8 heteroatoms. The van der Waals surface area contributed by atoms with Crippen LogP contribution in [0.3, 0.4) is 0 Å². The second kappa shape index (κ2) is 4.91. The molecular weight excluding hydrogens is 256 g/mol. The van der Waals surface area contributed by atoms with Gasteiger partial charge in [-0.2, -0.15) is 17.6 Å². The van der Waals surface area contributed by atoms with Crippen molar-refractivity contribution >= 4 is 12.2 Å². The number of alkyl halides is 4. The molecule has 0 heterocycles. The largest absolute Gasteiger partial charge is 0.379 e. The van der Waals surface area contributed by atoms with Gasteiger partial charge in [0.2, 0.25) is 12.2 Å². The summed E-state index contributed by atoms with van der Waals surface area (Å²) >= 11 is 0. The number of carbonyl (C=O) groups excluding carboxylic acids is 2. The summed E-state index contributed by atoms with van der Waals surface area (Å²) < 4.78 is 53.1. The zero-order chi connectivity index (χ0) is 13.8. The number of hydrogen-bond acceptors (Lipinski definition) is 4. The van der Waals surface area contributed by atoms with E-state index in [0.29, 0.717) is 24.3 Å². The molecule has 18 heavy (non-hydrogen) atoms. The van der Waals surface area contributed by atoms with Gasteiger partial charge >= 0.3 is 12.1 Å². The molecule has 0 saturated carbocycles. The number of halogens is 4. The minimum atomic E-state index is -4.18. The van der Waals surface area contributed by atoms with E-state index in [1.165, 1.54) is 0 Å². The molecule has 0 fully saturated rings. The number of rotatable bonds is 4. The molecule has 0 amide bonds. The van der Waals surface area contributed by atoms with E-state index in [1.807, 2.05) is 0 Å². The third-order valence-corrected chi connectivity index (χ3v) is 1.95. The Morgan fingerprint density at radius 3 is 1.44 bits per heavy atom. The Morgan fingerprint density at radius 1 is 0.833 bits per heavy atom. The van der Waals surface area contributed by atoms with E-state index in [-0.39, 0.29) is 0 Å². The quantitative estimate of drug-likeness (QED) is 0.361. The standard InChI is InChI=1S/C10H4F4N2O2/c11-9(12,15-5-17)7-3-1-2-4-8(7)10(13,14)16-6-18/h1-4H. The van der Waals surface area contributed by atoms with Gasteiger partial charge in [-0.1, -0.05) is 24.3 Å². The highest BCUT2D eigenvalue weighted by Crippen LogP contribution is 2.39. The maximum Gasteiger partial charge on any atom is 0.379 e. The van der Waals surface area contributed by atoms with Gasteiger partial charge in [0.1, 0.15) is 0 Å². The van der Waals surface area contributed by atoms with Crippen LogP contribution >= 0.6 is 0 Å². The Labute approximate surface area is 97.7 Å². The van der Waals surface area contributed by atoms with Gasteiger partial charge in [-0.15, -0.1) is 9.98 Å². The first-order valence-corrected chi connectivity index (χ1v) is 4.39. The van der Waals surface area contributed by atoms with Crippen molar-refractivity contribution in [3.05, 3.63) is 35.4 Å². The molecule has 4 nitrogen and oxygen atoms in total. The SMILES string of the molecule is O=C=NC(F)(F)c1ccccc1C(F)(F)N=C=O. The van der Waals surface area contributed by atoms with Gasteiger partial charge in [-0.3, -0.25) is 0 Å². The second-order valence-electron chi connectivity index (χ2n) is 3.03. The number of hydrogen-bond donors (Lipinski definition) is 0. The number of aliphatic imine (C=N–C) groups is 2. The maximum atomic E-state index is 13.3. The molecule has 0 bridgehead atoms. The first-order chi connectivity index (χ1) is 8.35. The summed E-state index contributed by atoms with van der Waals surface area (Å²) in [6, 6.07) is -4.98. The molecule has 0 unspecified atom stereocenters. The summed E-state index contributed by atoms with van der Waals surface area (Å²) in [5.41, 5.74) is -2.48. The van der Waals surface area contributed by atoms with E-state index in [2.05, 4.69) is 9.98 Å². The van der Waals surface area contributed by atoms with Crippen molar-refractivity contribution in [3.63, 3.8) is 0 Å². The smallest absolute Gasteiger partial charge is 0.211 e. The highest BCUT2D eigenvalue weighted by Gasteiger charge is 2.42. The van der Waals surface area contributed by atoms with Gasteiger partial charge in [-0.05, 0) is 0 Å². The summed E-state index contributed by atoms with van der Waals surface area (Å²) in [5.74, 6) is 0. The monoisotopic (exact) mass is 260 g/mol. The summed E-state index contributed by atoms with van der Waals surface area (Å²) in [7, 11) is 0. The molecule has 0 aliphatic rings. The van der Waals surface area contributed by atoms with Crippen molar-refractivity contribution in [2.75, 3.05) is 0 Å². The van der Waals surface area contributed by atoms with Crippen molar-refractivity contribution in [1.82, 2.24) is 0 Å². The average molecular weight is 260 g/mol. The summed E-state index contributed by atoms with van der Waals surface area (Å²) in [5, 5.41) is 0. The minimum Gasteiger partial charge on any atom is -0.211 e. The summed E-state index contributed by atoms with van der Waals surface area (Å²) in [4.78, 5) is 24.0. The Kier molecular flexibility index (Phi) is 3.76. The highest BCUT2D eigenvalue weighted by atomic mass is 19.3. The molecule has 0 aliphatic heterocycles. The third-order valence-electron chi connectivity index (χ3n) is 1.95. The van der Waals surface area contributed by atoms with E-state index < -0.39 is 23.2 Å². The zero-order valence-electron chi connectivity index (χ0n) is 8.53. The molecular formula is C10H4F4N2O2. The minimum absolute atomic E-state index is 0.589. The van der Waals surface area contributed by atoms with Crippen molar-refractivity contribution < 1.29 is 27.2 Å². The lowest BCUT2D eigenvalue weighted by atomic mass is 10.0. The molecule has 1 aromatic carbocycles. The molecule has 0 atom stereocenters. The first kappa shape index (κ1) is 13.8. The van der Waals surface area contributed by atoms with Crippen molar-refractivity contribution in [2.45, 2.75) is 12.1 Å². The lowest BCUT2D eigenvalue weighted by Gasteiger charge is -2.17. The Morgan fingerprint density at radius 2 is 1.17 bits per heavy atom. The lowest BCUT2D eigenvalue weighted by molar-refractivity contribution is -0.0212. The van der Waals surface area contributed by atoms with E-state index in [0.717, 1.165) is 12.1 Å². The predicted octanol–water partition coefficient (Wildman–Crippen LogP) is 2.46. The normalized spacial score (nSPS) is 11.3. The third kappa shape index (κ3) is 2.68. The van der Waals surface area contributed by atoms with Gasteiger partial charge in [0.25, 0.3) is 0 Å². The van der Waals surface area contributed by atoms with Crippen LogP contribution in [0.4, 0.5) is 17.6 Å². The van der Waals surface area contributed by atoms with Crippen LogP contribution in [0.2, 0.25) is 0 Å². The lowest BCUT2D eigenvalue weighted by Crippen LogP contribution is -2.20. The first-order valence-electron chi connectivity index (χ1n) is 4.39. The number of nitrogens with zero attached hydrogens (tertiary/aromatic N) is 2. The highest BCUT2D eigenvalue weighted by molar-refractivity contribution is 5.41. The number of isocyanates is 2. The topological polar surface area (TPSA) is 58.9 Å². The zero-order valence-corrected chi connectivity index (χ0v) is 8.53. The Hall–Kier alpha value is -2.30. The van der Waals surface area contributed by atoms with Crippen molar-refractivity contribution in [3.8, 4) is 0 Å². The van der Waals surface area contributed by atoms with Crippen LogP contribution in [-0.4, -0.2) is 12.2 Å².